The predicted octanol–water partition coefficient (Wildman–Crippen LogP) is 2.73. The maximum Gasteiger partial charge on any atom is 0.338 e. The number of aryl methyl sites for hydroxylation is 1. The zero-order valence-electron chi connectivity index (χ0n) is 16.4. The quantitative estimate of drug-likeness (QED) is 0.772. The first kappa shape index (κ1) is 19.5. The van der Waals surface area contributed by atoms with Gasteiger partial charge in [0.1, 0.15) is 12.0 Å². The molecule has 1 N–H and O–H groups in total. The molecule has 3 rings (SSSR count). The van der Waals surface area contributed by atoms with Crippen LogP contribution in [0.25, 0.3) is 0 Å². The number of rotatable bonds is 6. The Bertz CT molecular complexity index is 898. The molecule has 2 aromatic rings. The number of nitrogens with zero attached hydrogens (tertiary/aromatic N) is 1. The van der Waals surface area contributed by atoms with E-state index in [2.05, 4.69) is 5.43 Å². The summed E-state index contributed by atoms with van der Waals surface area (Å²) in [6, 6.07) is 12.6. The van der Waals surface area contributed by atoms with Gasteiger partial charge in [-0.05, 0) is 37.6 Å². The Hall–Kier alpha value is -3.22. The normalized spacial score (nSPS) is 18.6. The van der Waals surface area contributed by atoms with E-state index in [0.717, 1.165) is 11.3 Å². The van der Waals surface area contributed by atoms with Gasteiger partial charge in [0.25, 0.3) is 0 Å². The number of hydrogen-bond acceptors (Lipinski definition) is 6. The SMILES string of the molecule is COc1ccc(N2CC(C)(COC(=O)c3ccccc3C)C(=O)N2)cc1OC. The summed E-state index contributed by atoms with van der Waals surface area (Å²) in [5.41, 5.74) is 4.05. The van der Waals surface area contributed by atoms with E-state index in [1.807, 2.05) is 25.1 Å². The minimum Gasteiger partial charge on any atom is -0.493 e. The molecule has 1 aliphatic heterocycles. The van der Waals surface area contributed by atoms with Crippen molar-refractivity contribution in [3.8, 4) is 11.5 Å². The lowest BCUT2D eigenvalue weighted by Gasteiger charge is -2.22. The molecule has 0 radical (unpaired) electrons. The van der Waals surface area contributed by atoms with Gasteiger partial charge in [-0.2, -0.15) is 0 Å². The van der Waals surface area contributed by atoms with Crippen molar-refractivity contribution >= 4 is 17.6 Å². The van der Waals surface area contributed by atoms with Crippen LogP contribution in [0.4, 0.5) is 5.69 Å². The number of anilines is 1. The van der Waals surface area contributed by atoms with Gasteiger partial charge < -0.3 is 14.2 Å². The van der Waals surface area contributed by atoms with E-state index >= 15 is 0 Å². The van der Waals surface area contributed by atoms with E-state index in [1.165, 1.54) is 0 Å². The summed E-state index contributed by atoms with van der Waals surface area (Å²) in [7, 11) is 3.12. The Labute approximate surface area is 164 Å². The van der Waals surface area contributed by atoms with Crippen LogP contribution in [0.5, 0.6) is 11.5 Å². The highest BCUT2D eigenvalue weighted by molar-refractivity contribution is 5.92. The number of benzene rings is 2. The molecular formula is C21H24N2O5. The van der Waals surface area contributed by atoms with Crippen LogP contribution in [-0.2, 0) is 9.53 Å². The van der Waals surface area contributed by atoms with Crippen LogP contribution >= 0.6 is 0 Å². The molecule has 0 aromatic heterocycles. The number of amides is 1. The van der Waals surface area contributed by atoms with Crippen molar-refractivity contribution in [2.24, 2.45) is 5.41 Å². The van der Waals surface area contributed by atoms with Crippen LogP contribution in [-0.4, -0.2) is 39.2 Å². The van der Waals surface area contributed by atoms with Crippen LogP contribution in [0, 0.1) is 12.3 Å². The molecule has 1 atom stereocenters. The number of carbonyl (C=O) groups is 2. The van der Waals surface area contributed by atoms with Gasteiger partial charge in [-0.3, -0.25) is 15.2 Å². The average Bonchev–Trinajstić information content (AvgIpc) is 3.01. The predicted molar refractivity (Wildman–Crippen MR) is 105 cm³/mol. The Morgan fingerprint density at radius 1 is 1.14 bits per heavy atom. The molecule has 1 unspecified atom stereocenters. The van der Waals surface area contributed by atoms with Crippen molar-refractivity contribution in [2.75, 3.05) is 32.4 Å². The van der Waals surface area contributed by atoms with Gasteiger partial charge in [0, 0.05) is 6.07 Å². The fraction of sp³-hybridized carbons (Fsp3) is 0.333. The second kappa shape index (κ2) is 7.80. The molecular weight excluding hydrogens is 360 g/mol. The molecule has 1 heterocycles. The van der Waals surface area contributed by atoms with E-state index in [9.17, 15) is 9.59 Å². The minimum atomic E-state index is -0.870. The Balaban J connectivity index is 1.71. The first-order valence-electron chi connectivity index (χ1n) is 8.91. The molecule has 28 heavy (non-hydrogen) atoms. The molecule has 7 nitrogen and oxygen atoms in total. The molecule has 148 valence electrons. The molecule has 1 saturated heterocycles. The van der Waals surface area contributed by atoms with E-state index in [4.69, 9.17) is 14.2 Å². The lowest BCUT2D eigenvalue weighted by atomic mass is 9.92. The van der Waals surface area contributed by atoms with Crippen molar-refractivity contribution in [3.05, 3.63) is 53.6 Å². The van der Waals surface area contributed by atoms with E-state index in [-0.39, 0.29) is 12.5 Å². The Morgan fingerprint density at radius 2 is 1.86 bits per heavy atom. The van der Waals surface area contributed by atoms with Gasteiger partial charge in [0.2, 0.25) is 5.91 Å². The second-order valence-electron chi connectivity index (χ2n) is 7.02. The highest BCUT2D eigenvalue weighted by atomic mass is 16.5. The Kier molecular flexibility index (Phi) is 5.44. The number of ether oxygens (including phenoxy) is 3. The first-order valence-corrected chi connectivity index (χ1v) is 8.91. The topological polar surface area (TPSA) is 77.1 Å². The third-order valence-electron chi connectivity index (χ3n) is 4.86. The maximum absolute atomic E-state index is 12.6. The van der Waals surface area contributed by atoms with Gasteiger partial charge in [0.05, 0.1) is 32.0 Å². The van der Waals surface area contributed by atoms with Gasteiger partial charge >= 0.3 is 5.97 Å². The number of methoxy groups -OCH3 is 2. The number of hydrogen-bond donors (Lipinski definition) is 1. The summed E-state index contributed by atoms with van der Waals surface area (Å²) < 4.78 is 16.0. The molecule has 2 aromatic carbocycles. The molecule has 1 fully saturated rings. The highest BCUT2D eigenvalue weighted by Gasteiger charge is 2.44. The molecule has 0 aliphatic carbocycles. The minimum absolute atomic E-state index is 0.0181. The van der Waals surface area contributed by atoms with Crippen molar-refractivity contribution < 1.29 is 23.8 Å². The number of nitrogens with one attached hydrogen (secondary N) is 1. The third-order valence-corrected chi connectivity index (χ3v) is 4.86. The van der Waals surface area contributed by atoms with Crippen LogP contribution in [0.2, 0.25) is 0 Å². The van der Waals surface area contributed by atoms with Crippen LogP contribution in [0.3, 0.4) is 0 Å². The zero-order valence-corrected chi connectivity index (χ0v) is 16.4. The van der Waals surface area contributed by atoms with E-state index in [1.54, 1.807) is 50.4 Å². The highest BCUT2D eigenvalue weighted by Crippen LogP contribution is 2.34. The smallest absolute Gasteiger partial charge is 0.338 e. The van der Waals surface area contributed by atoms with Gasteiger partial charge in [-0.25, -0.2) is 4.79 Å². The van der Waals surface area contributed by atoms with E-state index < -0.39 is 11.4 Å². The average molecular weight is 384 g/mol. The number of hydrazine groups is 1. The molecule has 0 spiro atoms. The summed E-state index contributed by atoms with van der Waals surface area (Å²) in [5.74, 6) is 0.525. The Morgan fingerprint density at radius 3 is 2.54 bits per heavy atom. The summed E-state index contributed by atoms with van der Waals surface area (Å²) in [6.07, 6.45) is 0. The summed E-state index contributed by atoms with van der Waals surface area (Å²) in [4.78, 5) is 25.0. The fourth-order valence-corrected chi connectivity index (χ4v) is 3.08. The molecule has 0 saturated carbocycles. The largest absolute Gasteiger partial charge is 0.493 e. The fourth-order valence-electron chi connectivity index (χ4n) is 3.08. The van der Waals surface area contributed by atoms with E-state index in [0.29, 0.717) is 23.6 Å². The second-order valence-corrected chi connectivity index (χ2v) is 7.02. The van der Waals surface area contributed by atoms with Crippen molar-refractivity contribution in [3.63, 3.8) is 0 Å². The molecule has 7 heteroatoms. The summed E-state index contributed by atoms with van der Waals surface area (Å²) in [5, 5.41) is 1.71. The molecule has 1 amide bonds. The lowest BCUT2D eigenvalue weighted by molar-refractivity contribution is -0.128. The van der Waals surface area contributed by atoms with Crippen LogP contribution in [0.1, 0.15) is 22.8 Å². The number of carbonyl (C=O) groups excluding carboxylic acids is 2. The monoisotopic (exact) mass is 384 g/mol. The van der Waals surface area contributed by atoms with Gasteiger partial charge in [0.15, 0.2) is 11.5 Å². The van der Waals surface area contributed by atoms with Crippen molar-refractivity contribution in [2.45, 2.75) is 13.8 Å². The molecule has 1 aliphatic rings. The van der Waals surface area contributed by atoms with Gasteiger partial charge in [-0.15, -0.1) is 0 Å². The standard InChI is InChI=1S/C21H24N2O5/c1-14-7-5-6-8-16(14)19(24)28-13-21(2)12-23(22-20(21)25)15-9-10-17(26-3)18(11-15)27-4/h5-11H,12-13H2,1-4H3,(H,22,25). The van der Waals surface area contributed by atoms with Crippen molar-refractivity contribution in [1.82, 2.24) is 5.43 Å². The summed E-state index contributed by atoms with van der Waals surface area (Å²) >= 11 is 0. The first-order chi connectivity index (χ1) is 13.4. The molecule has 0 bridgehead atoms. The summed E-state index contributed by atoms with van der Waals surface area (Å²) in [6.45, 7) is 3.95. The van der Waals surface area contributed by atoms with Crippen molar-refractivity contribution in [1.29, 1.82) is 0 Å². The van der Waals surface area contributed by atoms with Gasteiger partial charge in [-0.1, -0.05) is 18.2 Å². The third kappa shape index (κ3) is 3.74. The van der Waals surface area contributed by atoms with Crippen LogP contribution < -0.4 is 19.9 Å². The van der Waals surface area contributed by atoms with Crippen LogP contribution in [0.15, 0.2) is 42.5 Å². The maximum atomic E-state index is 12.6. The zero-order chi connectivity index (χ0) is 20.3. The lowest BCUT2D eigenvalue weighted by Crippen LogP contribution is -2.35. The number of esters is 1.